The van der Waals surface area contributed by atoms with Gasteiger partial charge in [0.15, 0.2) is 0 Å². The molecule has 0 unspecified atom stereocenters. The maximum Gasteiger partial charge on any atom is 0.314 e. The average molecular weight is 425 g/mol. The van der Waals surface area contributed by atoms with Gasteiger partial charge in [0.2, 0.25) is 5.89 Å². The number of hydrogen-bond donors (Lipinski definition) is 1. The van der Waals surface area contributed by atoms with Crippen molar-refractivity contribution < 1.29 is 18.0 Å². The first-order chi connectivity index (χ1) is 15.1. The monoisotopic (exact) mass is 425 g/mol. The highest BCUT2D eigenvalue weighted by Crippen LogP contribution is 2.34. The smallest absolute Gasteiger partial charge is 0.314 e. The van der Waals surface area contributed by atoms with E-state index in [0.29, 0.717) is 17.7 Å². The molecule has 1 aliphatic heterocycles. The van der Waals surface area contributed by atoms with Gasteiger partial charge in [-0.05, 0) is 42.7 Å². The summed E-state index contributed by atoms with van der Waals surface area (Å²) in [5.74, 6) is -0.00644. The number of anilines is 1. The van der Waals surface area contributed by atoms with Crippen molar-refractivity contribution in [1.29, 1.82) is 0 Å². The molecule has 3 aromatic rings. The lowest BCUT2D eigenvalue weighted by Crippen LogP contribution is -2.49. The van der Waals surface area contributed by atoms with Gasteiger partial charge in [0.05, 0.1) is 6.04 Å². The molecular formula is C22H21F2N5O2. The number of amides is 1. The van der Waals surface area contributed by atoms with Gasteiger partial charge in [-0.15, -0.1) is 10.2 Å². The normalized spacial score (nSPS) is 20.9. The van der Waals surface area contributed by atoms with E-state index in [9.17, 15) is 13.6 Å². The van der Waals surface area contributed by atoms with Crippen molar-refractivity contribution in [1.82, 2.24) is 20.1 Å². The number of nitrogens with zero attached hydrogens (tertiary/aromatic N) is 4. The highest BCUT2D eigenvalue weighted by Gasteiger charge is 2.38. The van der Waals surface area contributed by atoms with Gasteiger partial charge in [-0.1, -0.05) is 25.0 Å². The summed E-state index contributed by atoms with van der Waals surface area (Å²) >= 11 is 0. The third-order valence-electron chi connectivity index (χ3n) is 5.94. The van der Waals surface area contributed by atoms with Crippen molar-refractivity contribution in [2.24, 2.45) is 0 Å². The predicted molar refractivity (Wildman–Crippen MR) is 108 cm³/mol. The first-order valence-corrected chi connectivity index (χ1v) is 10.3. The highest BCUT2D eigenvalue weighted by atomic mass is 19.3. The lowest BCUT2D eigenvalue weighted by Gasteiger charge is -2.38. The predicted octanol–water partition coefficient (Wildman–Crippen LogP) is 4.45. The van der Waals surface area contributed by atoms with Gasteiger partial charge in [-0.25, -0.2) is 4.98 Å². The van der Waals surface area contributed by atoms with Gasteiger partial charge in [0.25, 0.3) is 11.8 Å². The lowest BCUT2D eigenvalue weighted by atomic mass is 9.89. The largest absolute Gasteiger partial charge is 0.415 e. The second kappa shape index (κ2) is 8.05. The summed E-state index contributed by atoms with van der Waals surface area (Å²) in [4.78, 5) is 19.6. The molecule has 1 fully saturated rings. The standard InChI is InChI=1S/C22H21F2N5O2/c23-19(24)21-28-27-20(31-21)13-8-9-14-12-29(22(30)15(14)11-13)17-6-2-1-5-16(17)26-18-7-3-4-10-25-18/h3-4,7-11,16-17,19H,1-2,5-6,12H2,(H,25,26)/t16-,17-/m1/s1. The van der Waals surface area contributed by atoms with Crippen LogP contribution >= 0.6 is 0 Å². The number of pyridine rings is 1. The van der Waals surface area contributed by atoms with Crippen LogP contribution in [0.5, 0.6) is 0 Å². The van der Waals surface area contributed by atoms with Crippen molar-refractivity contribution >= 4 is 11.7 Å². The van der Waals surface area contributed by atoms with Gasteiger partial charge in [-0.3, -0.25) is 4.79 Å². The van der Waals surface area contributed by atoms with Crippen molar-refractivity contribution in [3.8, 4) is 11.5 Å². The van der Waals surface area contributed by atoms with Crippen molar-refractivity contribution in [2.45, 2.75) is 50.7 Å². The molecule has 0 saturated heterocycles. The van der Waals surface area contributed by atoms with Gasteiger partial charge < -0.3 is 14.6 Å². The Kier molecular flexibility index (Phi) is 5.09. The maximum absolute atomic E-state index is 13.3. The number of fused-ring (bicyclic) bond motifs is 1. The topological polar surface area (TPSA) is 84.2 Å². The summed E-state index contributed by atoms with van der Waals surface area (Å²) in [5.41, 5.74) is 1.92. The van der Waals surface area contributed by atoms with E-state index in [1.165, 1.54) is 0 Å². The second-order valence-corrected chi connectivity index (χ2v) is 7.87. The molecule has 7 nitrogen and oxygen atoms in total. The van der Waals surface area contributed by atoms with Crippen molar-refractivity contribution in [3.05, 3.63) is 59.6 Å². The van der Waals surface area contributed by atoms with E-state index in [1.54, 1.807) is 18.3 Å². The van der Waals surface area contributed by atoms with E-state index in [0.717, 1.165) is 37.1 Å². The maximum atomic E-state index is 13.3. The zero-order valence-electron chi connectivity index (χ0n) is 16.7. The minimum atomic E-state index is -2.83. The molecule has 9 heteroatoms. The Morgan fingerprint density at radius 1 is 1.13 bits per heavy atom. The SMILES string of the molecule is O=C1c2cc(-c3nnc(C(F)F)o3)ccc2CN1[C@@H]1CCCC[C@H]1Nc1ccccn1. The Bertz CT molecular complexity index is 1090. The number of rotatable bonds is 5. The molecular weight excluding hydrogens is 404 g/mol. The summed E-state index contributed by atoms with van der Waals surface area (Å²) < 4.78 is 30.6. The fraction of sp³-hybridized carbons (Fsp3) is 0.364. The molecule has 2 aromatic heterocycles. The van der Waals surface area contributed by atoms with E-state index >= 15 is 0 Å². The fourth-order valence-corrected chi connectivity index (χ4v) is 4.45. The Morgan fingerprint density at radius 2 is 2.00 bits per heavy atom. The molecule has 2 atom stereocenters. The summed E-state index contributed by atoms with van der Waals surface area (Å²) in [6.45, 7) is 0.519. The number of halogens is 2. The molecule has 1 saturated carbocycles. The first kappa shape index (κ1) is 19.6. The number of carbonyl (C=O) groups excluding carboxylic acids is 1. The van der Waals surface area contributed by atoms with E-state index in [1.807, 2.05) is 29.2 Å². The summed E-state index contributed by atoms with van der Waals surface area (Å²) in [5, 5.41) is 10.6. The molecule has 3 heterocycles. The van der Waals surface area contributed by atoms with Crippen LogP contribution in [0.4, 0.5) is 14.6 Å². The Hall–Kier alpha value is -3.36. The second-order valence-electron chi connectivity index (χ2n) is 7.87. The molecule has 2 aliphatic rings. The third kappa shape index (κ3) is 3.75. The molecule has 1 amide bonds. The molecule has 0 bridgehead atoms. The van der Waals surface area contributed by atoms with Crippen LogP contribution in [0.15, 0.2) is 47.0 Å². The van der Waals surface area contributed by atoms with Gasteiger partial charge in [-0.2, -0.15) is 8.78 Å². The minimum Gasteiger partial charge on any atom is -0.415 e. The number of alkyl halides is 2. The lowest BCUT2D eigenvalue weighted by molar-refractivity contribution is 0.0642. The van der Waals surface area contributed by atoms with Crippen LogP contribution in [0.3, 0.4) is 0 Å². The van der Waals surface area contributed by atoms with Crippen LogP contribution in [-0.2, 0) is 6.54 Å². The third-order valence-corrected chi connectivity index (χ3v) is 5.94. The molecule has 5 rings (SSSR count). The minimum absolute atomic E-state index is 0.0169. The van der Waals surface area contributed by atoms with E-state index in [-0.39, 0.29) is 23.9 Å². The van der Waals surface area contributed by atoms with E-state index < -0.39 is 12.3 Å². The number of benzene rings is 1. The van der Waals surface area contributed by atoms with Crippen LogP contribution in [0, 0.1) is 0 Å². The summed E-state index contributed by atoms with van der Waals surface area (Å²) in [6.07, 6.45) is 2.96. The Morgan fingerprint density at radius 3 is 2.77 bits per heavy atom. The van der Waals surface area contributed by atoms with Gasteiger partial charge in [0.1, 0.15) is 5.82 Å². The number of carbonyl (C=O) groups is 1. The van der Waals surface area contributed by atoms with Crippen LogP contribution in [0.1, 0.15) is 53.9 Å². The Labute approximate surface area is 177 Å². The summed E-state index contributed by atoms with van der Waals surface area (Å²) in [6, 6.07) is 11.1. The van der Waals surface area contributed by atoms with Gasteiger partial charge >= 0.3 is 6.43 Å². The van der Waals surface area contributed by atoms with E-state index in [4.69, 9.17) is 4.42 Å². The van der Waals surface area contributed by atoms with Crippen molar-refractivity contribution in [3.63, 3.8) is 0 Å². The summed E-state index contributed by atoms with van der Waals surface area (Å²) in [7, 11) is 0. The first-order valence-electron chi connectivity index (χ1n) is 10.3. The molecule has 1 aromatic carbocycles. The Balaban J connectivity index is 1.38. The van der Waals surface area contributed by atoms with Crippen LogP contribution < -0.4 is 5.32 Å². The molecule has 1 N–H and O–H groups in total. The van der Waals surface area contributed by atoms with Gasteiger partial charge in [0, 0.05) is 29.9 Å². The number of aromatic nitrogens is 3. The average Bonchev–Trinajstić information content (AvgIpc) is 3.40. The van der Waals surface area contributed by atoms with Crippen LogP contribution in [0.2, 0.25) is 0 Å². The number of nitrogens with one attached hydrogen (secondary N) is 1. The zero-order chi connectivity index (χ0) is 21.4. The molecule has 0 spiro atoms. The molecule has 31 heavy (non-hydrogen) atoms. The highest BCUT2D eigenvalue weighted by molar-refractivity contribution is 5.99. The van der Waals surface area contributed by atoms with Crippen LogP contribution in [-0.4, -0.2) is 38.1 Å². The molecule has 160 valence electrons. The number of hydrogen-bond acceptors (Lipinski definition) is 6. The van der Waals surface area contributed by atoms with E-state index in [2.05, 4.69) is 20.5 Å². The van der Waals surface area contributed by atoms with Crippen molar-refractivity contribution in [2.75, 3.05) is 5.32 Å². The van der Waals surface area contributed by atoms with Crippen LogP contribution in [0.25, 0.3) is 11.5 Å². The fourth-order valence-electron chi connectivity index (χ4n) is 4.45. The molecule has 1 aliphatic carbocycles. The zero-order valence-corrected chi connectivity index (χ0v) is 16.7. The quantitative estimate of drug-likeness (QED) is 0.650. The molecule has 0 radical (unpaired) electrons.